The average molecular weight is 410 g/mol. The molecule has 3 heterocycles. The van der Waals surface area contributed by atoms with E-state index in [0.29, 0.717) is 22.3 Å². The molecule has 0 radical (unpaired) electrons. The van der Waals surface area contributed by atoms with Crippen molar-refractivity contribution >= 4 is 23.0 Å². The summed E-state index contributed by atoms with van der Waals surface area (Å²) in [7, 11) is 1.73. The number of nitrogens with zero attached hydrogens (tertiary/aromatic N) is 4. The highest BCUT2D eigenvalue weighted by atomic mass is 16.7. The van der Waals surface area contributed by atoms with Crippen LogP contribution in [0.25, 0.3) is 11.0 Å². The fourth-order valence-corrected chi connectivity index (χ4v) is 3.87. The first-order valence-corrected chi connectivity index (χ1v) is 9.52. The molecule has 30 heavy (non-hydrogen) atoms. The second-order valence-corrected chi connectivity index (χ2v) is 7.88. The Morgan fingerprint density at radius 3 is 2.27 bits per heavy atom. The summed E-state index contributed by atoms with van der Waals surface area (Å²) in [5.41, 5.74) is 3.01. The molecule has 1 atom stereocenters. The van der Waals surface area contributed by atoms with E-state index in [1.807, 2.05) is 0 Å². The van der Waals surface area contributed by atoms with E-state index in [1.54, 1.807) is 56.1 Å². The van der Waals surface area contributed by atoms with Crippen molar-refractivity contribution < 1.29 is 23.8 Å². The van der Waals surface area contributed by atoms with Crippen molar-refractivity contribution in [1.29, 1.82) is 0 Å². The Kier molecular flexibility index (Phi) is 4.48. The van der Waals surface area contributed by atoms with Gasteiger partial charge in [-0.3, -0.25) is 19.6 Å². The maximum Gasteiger partial charge on any atom is 0.324 e. The zero-order chi connectivity index (χ0) is 21.8. The predicted octanol–water partition coefficient (Wildman–Crippen LogP) is 1.80. The molecule has 4 rings (SSSR count). The Hall–Kier alpha value is -3.49. The lowest BCUT2D eigenvalue weighted by Crippen LogP contribution is -2.50. The molecule has 3 aromatic rings. The first-order valence-electron chi connectivity index (χ1n) is 9.52. The van der Waals surface area contributed by atoms with Crippen LogP contribution >= 0.6 is 0 Å². The molecule has 1 fully saturated rings. The molecule has 9 nitrogen and oxygen atoms in total. The number of imidazole rings is 1. The first-order chi connectivity index (χ1) is 14.1. The number of aromatic nitrogens is 4. The van der Waals surface area contributed by atoms with Gasteiger partial charge in [-0.15, -0.1) is 0 Å². The number of cyclic esters (lactones) is 2. The fourth-order valence-electron chi connectivity index (χ4n) is 3.87. The van der Waals surface area contributed by atoms with Crippen molar-refractivity contribution in [2.75, 3.05) is 0 Å². The van der Waals surface area contributed by atoms with Crippen LogP contribution in [0.1, 0.15) is 42.5 Å². The number of hydrogen-bond donors (Lipinski definition) is 0. The van der Waals surface area contributed by atoms with Crippen molar-refractivity contribution in [3.63, 3.8) is 0 Å². The number of esters is 2. The van der Waals surface area contributed by atoms with Crippen LogP contribution in [0, 0.1) is 25.0 Å². The van der Waals surface area contributed by atoms with E-state index >= 15 is 0 Å². The highest BCUT2D eigenvalue weighted by Crippen LogP contribution is 2.38. The van der Waals surface area contributed by atoms with Gasteiger partial charge in [0.1, 0.15) is 17.3 Å². The summed E-state index contributed by atoms with van der Waals surface area (Å²) in [6.07, 6.45) is 3.13. The van der Waals surface area contributed by atoms with E-state index in [1.165, 1.54) is 13.8 Å². The molecule has 9 heteroatoms. The minimum atomic E-state index is -1.36. The fraction of sp³-hybridized carbons (Fsp3) is 0.381. The molecule has 1 aliphatic heterocycles. The van der Waals surface area contributed by atoms with Gasteiger partial charge < -0.3 is 14.7 Å². The Bertz CT molecular complexity index is 1140. The van der Waals surface area contributed by atoms with Gasteiger partial charge in [0.25, 0.3) is 11.6 Å². The molecule has 156 valence electrons. The van der Waals surface area contributed by atoms with Crippen molar-refractivity contribution in [3.05, 3.63) is 58.6 Å². The quantitative estimate of drug-likeness (QED) is 0.280. The van der Waals surface area contributed by atoms with Crippen LogP contribution in [0.5, 0.6) is 0 Å². The van der Waals surface area contributed by atoms with Crippen molar-refractivity contribution in [2.24, 2.45) is 13.0 Å². The van der Waals surface area contributed by atoms with Crippen LogP contribution in [0.3, 0.4) is 0 Å². The Morgan fingerprint density at radius 2 is 1.70 bits per heavy atom. The smallest absolute Gasteiger partial charge is 0.324 e. The first kappa shape index (κ1) is 19.8. The van der Waals surface area contributed by atoms with E-state index in [2.05, 4.69) is 9.97 Å². The van der Waals surface area contributed by atoms with E-state index in [9.17, 15) is 14.8 Å². The molecule has 0 amide bonds. The molecule has 0 N–H and O–H groups in total. The van der Waals surface area contributed by atoms with Crippen LogP contribution in [0.2, 0.25) is 0 Å². The van der Waals surface area contributed by atoms with Gasteiger partial charge in [-0.25, -0.2) is 9.30 Å². The Balaban J connectivity index is 1.95. The molecule has 0 unspecified atom stereocenters. The van der Waals surface area contributed by atoms with Crippen molar-refractivity contribution in [2.45, 2.75) is 39.4 Å². The van der Waals surface area contributed by atoms with Crippen molar-refractivity contribution in [3.8, 4) is 0 Å². The van der Waals surface area contributed by atoms with Gasteiger partial charge in [0, 0.05) is 40.1 Å². The van der Waals surface area contributed by atoms with Gasteiger partial charge in [-0.1, -0.05) is 6.07 Å². The average Bonchev–Trinajstić information content (AvgIpc) is 2.87. The summed E-state index contributed by atoms with van der Waals surface area (Å²) in [4.78, 5) is 34.4. The zero-order valence-corrected chi connectivity index (χ0v) is 17.4. The summed E-state index contributed by atoms with van der Waals surface area (Å²) in [6.45, 7) is 6.47. The molecule has 0 bridgehead atoms. The summed E-state index contributed by atoms with van der Waals surface area (Å²) in [6, 6.07) is 5.20. The number of carbonyl (C=O) groups excluding carboxylic acids is 2. The van der Waals surface area contributed by atoms with Gasteiger partial charge in [0.2, 0.25) is 0 Å². The molecular weight excluding hydrogens is 388 g/mol. The molecule has 2 aromatic heterocycles. The van der Waals surface area contributed by atoms with E-state index < -0.39 is 29.6 Å². The minimum Gasteiger partial charge on any atom is -0.711 e. The summed E-state index contributed by atoms with van der Waals surface area (Å²) < 4.78 is 13.1. The van der Waals surface area contributed by atoms with Crippen LogP contribution in [-0.2, 0) is 26.1 Å². The lowest BCUT2D eigenvalue weighted by molar-refractivity contribution is -0.621. The third kappa shape index (κ3) is 3.06. The topological polar surface area (TPSA) is 110 Å². The molecule has 0 spiro atoms. The molecular formula is C21H22N4O5. The predicted molar refractivity (Wildman–Crippen MR) is 105 cm³/mol. The van der Waals surface area contributed by atoms with Crippen molar-refractivity contribution in [1.82, 2.24) is 14.5 Å². The molecule has 0 aliphatic carbocycles. The van der Waals surface area contributed by atoms with E-state index in [-0.39, 0.29) is 5.82 Å². The van der Waals surface area contributed by atoms with Crippen LogP contribution in [0.15, 0.2) is 30.6 Å². The lowest BCUT2D eigenvalue weighted by atomic mass is 9.84. The van der Waals surface area contributed by atoms with Gasteiger partial charge in [0.15, 0.2) is 5.92 Å². The highest BCUT2D eigenvalue weighted by Gasteiger charge is 2.51. The number of hydrogen-bond acceptors (Lipinski definition) is 7. The SMILES string of the molecule is Cc1c(C)[n+]([O-])c([C@H](c2ccc3nccnc3c2)C2C(=O)OC(C)(C)OC2=O)n1C. The number of carbonyl (C=O) groups is 2. The molecule has 1 aliphatic rings. The minimum absolute atomic E-state index is 0.242. The summed E-state index contributed by atoms with van der Waals surface area (Å²) in [5, 5.41) is 13.0. The number of benzene rings is 1. The summed E-state index contributed by atoms with van der Waals surface area (Å²) >= 11 is 0. The standard InChI is InChI=1S/C21H22N4O5/c1-11-12(2)25(28)18(24(11)5)16(17-19(26)29-21(3,4)30-20(17)27)13-6-7-14-15(10-13)23-9-8-22-14/h6-10,16-17H,1-5H3/t16-/m1/s1. The van der Waals surface area contributed by atoms with Gasteiger partial charge >= 0.3 is 11.9 Å². The maximum atomic E-state index is 13.0. The maximum absolute atomic E-state index is 13.0. The molecule has 1 saturated heterocycles. The normalized spacial score (nSPS) is 17.6. The number of rotatable bonds is 3. The van der Waals surface area contributed by atoms with Crippen LogP contribution in [0.4, 0.5) is 0 Å². The van der Waals surface area contributed by atoms with Gasteiger partial charge in [-0.05, 0) is 17.7 Å². The van der Waals surface area contributed by atoms with Gasteiger partial charge in [0.05, 0.1) is 18.1 Å². The van der Waals surface area contributed by atoms with E-state index in [0.717, 1.165) is 10.4 Å². The Labute approximate surface area is 172 Å². The molecule has 0 saturated carbocycles. The second-order valence-electron chi connectivity index (χ2n) is 7.88. The number of fused-ring (bicyclic) bond motifs is 1. The lowest BCUT2D eigenvalue weighted by Gasteiger charge is -2.35. The van der Waals surface area contributed by atoms with Crippen LogP contribution < -0.4 is 4.73 Å². The highest BCUT2D eigenvalue weighted by molar-refractivity contribution is 5.98. The zero-order valence-electron chi connectivity index (χ0n) is 17.4. The monoisotopic (exact) mass is 410 g/mol. The summed E-state index contributed by atoms with van der Waals surface area (Å²) in [5.74, 6) is -4.86. The van der Waals surface area contributed by atoms with E-state index in [4.69, 9.17) is 9.47 Å². The third-order valence-corrected chi connectivity index (χ3v) is 5.55. The van der Waals surface area contributed by atoms with Crippen LogP contribution in [-0.4, -0.2) is 32.3 Å². The van der Waals surface area contributed by atoms with Gasteiger partial charge in [-0.2, -0.15) is 0 Å². The molecule has 1 aromatic carbocycles. The number of ether oxygens (including phenoxy) is 2. The third-order valence-electron chi connectivity index (χ3n) is 5.55. The largest absolute Gasteiger partial charge is 0.711 e. The Morgan fingerprint density at radius 1 is 1.10 bits per heavy atom. The second kappa shape index (κ2) is 6.79.